The number of carbonyl (C=O) groups excluding carboxylic acids is 4. The molecule has 33 heavy (non-hydrogen) atoms. The van der Waals surface area contributed by atoms with E-state index in [1.807, 2.05) is 13.8 Å². The second kappa shape index (κ2) is 7.72. The zero-order chi connectivity index (χ0) is 24.3. The van der Waals surface area contributed by atoms with E-state index in [4.69, 9.17) is 19.9 Å². The number of benzene rings is 1. The molecule has 1 spiro atoms. The summed E-state index contributed by atoms with van der Waals surface area (Å²) in [5.41, 5.74) is 3.81. The first-order chi connectivity index (χ1) is 15.5. The molecule has 0 fully saturated rings. The van der Waals surface area contributed by atoms with E-state index in [9.17, 15) is 19.2 Å². The van der Waals surface area contributed by atoms with E-state index in [0.29, 0.717) is 10.9 Å². The van der Waals surface area contributed by atoms with Crippen LogP contribution in [0.5, 0.6) is 0 Å². The standard InChI is InChI=1S/C23H23BrN2O7/c1-5-32-21(30)26-13-7-6-11(24)8-12(13)23(20(26)29)16-14(27)9-22(2,3)10-15(16)33-18(25)17(23)19(28)31-4/h6-8H,5,9-10,25H2,1-4H3. The zero-order valence-corrected chi connectivity index (χ0v) is 20.2. The largest absolute Gasteiger partial charge is 0.465 e. The number of nitrogens with zero attached hydrogens (tertiary/aromatic N) is 1. The average Bonchev–Trinajstić information content (AvgIpc) is 2.95. The van der Waals surface area contributed by atoms with Crippen LogP contribution in [0.25, 0.3) is 0 Å². The molecule has 174 valence electrons. The highest BCUT2D eigenvalue weighted by Gasteiger charge is 2.66. The van der Waals surface area contributed by atoms with Crippen molar-refractivity contribution in [2.45, 2.75) is 39.0 Å². The summed E-state index contributed by atoms with van der Waals surface area (Å²) < 4.78 is 16.4. The van der Waals surface area contributed by atoms with E-state index >= 15 is 0 Å². The number of methoxy groups -OCH3 is 1. The summed E-state index contributed by atoms with van der Waals surface area (Å²) in [4.78, 5) is 54.5. The Hall–Kier alpha value is -3.14. The summed E-state index contributed by atoms with van der Waals surface area (Å²) in [5.74, 6) is -2.31. The first-order valence-corrected chi connectivity index (χ1v) is 11.1. The molecular formula is C23H23BrN2O7. The lowest BCUT2D eigenvalue weighted by Gasteiger charge is -2.42. The number of ether oxygens (including phenoxy) is 3. The minimum Gasteiger partial charge on any atom is -0.465 e. The van der Waals surface area contributed by atoms with E-state index < -0.39 is 28.8 Å². The predicted molar refractivity (Wildman–Crippen MR) is 120 cm³/mol. The Kier molecular flexibility index (Phi) is 5.39. The molecule has 9 nitrogen and oxygen atoms in total. The van der Waals surface area contributed by atoms with Gasteiger partial charge in [0.15, 0.2) is 5.78 Å². The molecule has 1 aliphatic carbocycles. The van der Waals surface area contributed by atoms with E-state index in [0.717, 1.165) is 12.0 Å². The van der Waals surface area contributed by atoms with Gasteiger partial charge in [0.2, 0.25) is 5.88 Å². The number of rotatable bonds is 2. The lowest BCUT2D eigenvalue weighted by molar-refractivity contribution is -0.139. The van der Waals surface area contributed by atoms with Gasteiger partial charge in [-0.15, -0.1) is 0 Å². The molecule has 0 saturated heterocycles. The van der Waals surface area contributed by atoms with Crippen LogP contribution >= 0.6 is 15.9 Å². The Bertz CT molecular complexity index is 1180. The van der Waals surface area contributed by atoms with Crippen LogP contribution in [0.2, 0.25) is 0 Å². The maximum atomic E-state index is 14.2. The smallest absolute Gasteiger partial charge is 0.421 e. The monoisotopic (exact) mass is 518 g/mol. The molecule has 2 N–H and O–H groups in total. The second-order valence-electron chi connectivity index (χ2n) is 8.82. The number of allylic oxidation sites excluding steroid dienone is 1. The lowest BCUT2D eigenvalue weighted by atomic mass is 9.62. The van der Waals surface area contributed by atoms with Gasteiger partial charge in [0.1, 0.15) is 16.7 Å². The average molecular weight is 519 g/mol. The number of amides is 2. The maximum absolute atomic E-state index is 14.2. The molecule has 10 heteroatoms. The fraction of sp³-hybridized carbons (Fsp3) is 0.391. The molecule has 0 radical (unpaired) electrons. The highest BCUT2D eigenvalue weighted by atomic mass is 79.9. The third-order valence-electron chi connectivity index (χ3n) is 6.03. The number of esters is 1. The Morgan fingerprint density at radius 3 is 2.58 bits per heavy atom. The quantitative estimate of drug-likeness (QED) is 0.591. The summed E-state index contributed by atoms with van der Waals surface area (Å²) in [7, 11) is 1.14. The van der Waals surface area contributed by atoms with Gasteiger partial charge in [-0.25, -0.2) is 14.5 Å². The normalized spacial score (nSPS) is 23.4. The molecule has 2 amide bonds. The zero-order valence-electron chi connectivity index (χ0n) is 18.6. The maximum Gasteiger partial charge on any atom is 0.421 e. The van der Waals surface area contributed by atoms with Gasteiger partial charge >= 0.3 is 12.1 Å². The minimum absolute atomic E-state index is 0.00688. The van der Waals surface area contributed by atoms with Gasteiger partial charge in [0.25, 0.3) is 5.91 Å². The fourth-order valence-electron chi connectivity index (χ4n) is 4.87. The summed E-state index contributed by atoms with van der Waals surface area (Å²) in [5, 5.41) is 0. The third-order valence-corrected chi connectivity index (χ3v) is 6.53. The predicted octanol–water partition coefficient (Wildman–Crippen LogP) is 3.21. The van der Waals surface area contributed by atoms with Crippen LogP contribution in [0, 0.1) is 5.41 Å². The molecule has 0 aromatic heterocycles. The Labute approximate surface area is 198 Å². The highest BCUT2D eigenvalue weighted by molar-refractivity contribution is 9.10. The van der Waals surface area contributed by atoms with E-state index in [1.54, 1.807) is 25.1 Å². The van der Waals surface area contributed by atoms with Crippen LogP contribution in [0.3, 0.4) is 0 Å². The topological polar surface area (TPSA) is 125 Å². The molecule has 1 aromatic carbocycles. The SMILES string of the molecule is CCOC(=O)N1C(=O)C2(C(C(=O)OC)=C(N)OC3=C2C(=O)CC(C)(C)C3)c2cc(Br)ccc21. The van der Waals surface area contributed by atoms with Crippen molar-refractivity contribution in [2.75, 3.05) is 18.6 Å². The van der Waals surface area contributed by atoms with Crippen molar-refractivity contribution in [1.29, 1.82) is 0 Å². The molecule has 1 unspecified atom stereocenters. The number of ketones is 1. The van der Waals surface area contributed by atoms with Gasteiger partial charge in [-0.05, 0) is 30.5 Å². The molecule has 2 aliphatic heterocycles. The van der Waals surface area contributed by atoms with Gasteiger partial charge in [-0.2, -0.15) is 0 Å². The van der Waals surface area contributed by atoms with Gasteiger partial charge in [-0.3, -0.25) is 9.59 Å². The third kappa shape index (κ3) is 3.18. The number of nitrogens with two attached hydrogens (primary N) is 1. The second-order valence-corrected chi connectivity index (χ2v) is 9.74. The summed E-state index contributed by atoms with van der Waals surface area (Å²) >= 11 is 3.39. The van der Waals surface area contributed by atoms with Crippen molar-refractivity contribution in [3.05, 3.63) is 51.0 Å². The molecule has 1 aromatic rings. The minimum atomic E-state index is -2.01. The number of anilines is 1. The Balaban J connectivity index is 2.13. The number of hydrogen-bond acceptors (Lipinski definition) is 8. The molecule has 1 atom stereocenters. The number of Topliss-reactive ketones (excluding diaryl/α,β-unsaturated/α-hetero) is 1. The summed E-state index contributed by atoms with van der Waals surface area (Å²) in [6, 6.07) is 4.77. The van der Waals surface area contributed by atoms with Crippen LogP contribution in [0.15, 0.2) is 45.5 Å². The number of fused-ring (bicyclic) bond motifs is 3. The first-order valence-electron chi connectivity index (χ1n) is 10.3. The Morgan fingerprint density at radius 1 is 1.24 bits per heavy atom. The summed E-state index contributed by atoms with van der Waals surface area (Å²) in [6.45, 7) is 5.42. The van der Waals surface area contributed by atoms with Gasteiger partial charge in [-0.1, -0.05) is 29.8 Å². The van der Waals surface area contributed by atoms with Crippen LogP contribution in [-0.2, 0) is 34.0 Å². The number of imide groups is 1. The van der Waals surface area contributed by atoms with Crippen molar-refractivity contribution in [3.8, 4) is 0 Å². The fourth-order valence-corrected chi connectivity index (χ4v) is 5.23. The number of halogens is 1. The Morgan fingerprint density at radius 2 is 1.94 bits per heavy atom. The molecule has 4 rings (SSSR count). The summed E-state index contributed by atoms with van der Waals surface area (Å²) in [6.07, 6.45) is -0.509. The van der Waals surface area contributed by atoms with E-state index in [2.05, 4.69) is 15.9 Å². The van der Waals surface area contributed by atoms with Crippen LogP contribution in [0.4, 0.5) is 10.5 Å². The van der Waals surface area contributed by atoms with Crippen molar-refractivity contribution >= 4 is 45.4 Å². The molecule has 0 saturated carbocycles. The number of hydrogen-bond donors (Lipinski definition) is 1. The first kappa shape index (κ1) is 23.0. The van der Waals surface area contributed by atoms with Crippen molar-refractivity contribution in [3.63, 3.8) is 0 Å². The van der Waals surface area contributed by atoms with Crippen molar-refractivity contribution in [1.82, 2.24) is 0 Å². The lowest BCUT2D eigenvalue weighted by Crippen LogP contribution is -2.53. The van der Waals surface area contributed by atoms with Crippen LogP contribution < -0.4 is 10.6 Å². The number of carbonyl (C=O) groups is 4. The van der Waals surface area contributed by atoms with E-state index in [-0.39, 0.29) is 52.9 Å². The molecule has 0 bridgehead atoms. The molecular weight excluding hydrogens is 496 g/mol. The van der Waals surface area contributed by atoms with E-state index in [1.165, 1.54) is 0 Å². The van der Waals surface area contributed by atoms with Gasteiger partial charge < -0.3 is 19.9 Å². The van der Waals surface area contributed by atoms with Crippen LogP contribution in [0.1, 0.15) is 39.2 Å². The van der Waals surface area contributed by atoms with Crippen molar-refractivity contribution in [2.24, 2.45) is 11.1 Å². The van der Waals surface area contributed by atoms with Crippen LogP contribution in [-0.4, -0.2) is 37.5 Å². The van der Waals surface area contributed by atoms with Gasteiger partial charge in [0.05, 0.1) is 25.0 Å². The molecule has 2 heterocycles. The van der Waals surface area contributed by atoms with Gasteiger partial charge in [0, 0.05) is 22.9 Å². The molecule has 3 aliphatic rings. The highest BCUT2D eigenvalue weighted by Crippen LogP contribution is 2.58. The van der Waals surface area contributed by atoms with Crippen molar-refractivity contribution < 1.29 is 33.4 Å².